The molecule has 0 aliphatic heterocycles. The second kappa shape index (κ2) is 6.80. The monoisotopic (exact) mass is 409 g/mol. The number of carbonyl (C=O) groups is 1. The summed E-state index contributed by atoms with van der Waals surface area (Å²) in [6, 6.07) is 1.96. The quantitative estimate of drug-likeness (QED) is 0.769. The van der Waals surface area contributed by atoms with E-state index in [1.165, 1.54) is 11.3 Å². The van der Waals surface area contributed by atoms with Crippen molar-refractivity contribution >= 4 is 49.0 Å². The molecule has 0 amide bonds. The Labute approximate surface area is 134 Å². The molecule has 0 spiro atoms. The van der Waals surface area contributed by atoms with Gasteiger partial charge in [-0.25, -0.2) is 0 Å². The molecular weight excluding hydrogens is 394 g/mol. The summed E-state index contributed by atoms with van der Waals surface area (Å²) in [5, 5.41) is 10.0. The lowest BCUT2D eigenvalue weighted by Gasteiger charge is -2.34. The number of carbonyl (C=O) groups excluding carboxylic acids is 1. The van der Waals surface area contributed by atoms with Crippen molar-refractivity contribution in [1.82, 2.24) is 4.90 Å². The van der Waals surface area contributed by atoms with E-state index in [1.54, 1.807) is 0 Å². The second-order valence-corrected chi connectivity index (χ2v) is 8.74. The summed E-state index contributed by atoms with van der Waals surface area (Å²) in [6.07, 6.45) is 3.73. The molecule has 6 heteroatoms. The SMILES string of the molecule is CN(CC(=O)c1cc(Br)sc1Br)C1CCCCC1O. The summed E-state index contributed by atoms with van der Waals surface area (Å²) >= 11 is 8.31. The molecule has 3 nitrogen and oxygen atoms in total. The van der Waals surface area contributed by atoms with Gasteiger partial charge in [-0.3, -0.25) is 9.69 Å². The molecular formula is C13H17Br2NO2S. The van der Waals surface area contributed by atoms with E-state index in [9.17, 15) is 9.90 Å². The van der Waals surface area contributed by atoms with Crippen LogP contribution in [0.3, 0.4) is 0 Å². The number of ketones is 1. The van der Waals surface area contributed by atoms with Gasteiger partial charge in [-0.15, -0.1) is 11.3 Å². The molecule has 2 atom stereocenters. The Morgan fingerprint density at radius 2 is 2.16 bits per heavy atom. The summed E-state index contributed by atoms with van der Waals surface area (Å²) in [4.78, 5) is 14.3. The number of thiophene rings is 1. The molecule has 1 aromatic heterocycles. The van der Waals surface area contributed by atoms with Crippen LogP contribution in [0.4, 0.5) is 0 Å². The van der Waals surface area contributed by atoms with Crippen molar-refractivity contribution in [2.75, 3.05) is 13.6 Å². The standard InChI is InChI=1S/C13H17Br2NO2S/c1-16(9-4-2-3-5-10(9)17)7-11(18)8-6-12(14)19-13(8)15/h6,9-10,17H,2-5,7H2,1H3. The Hall–Kier alpha value is 0.250. The van der Waals surface area contributed by atoms with Crippen molar-refractivity contribution in [3.63, 3.8) is 0 Å². The number of nitrogens with zero attached hydrogens (tertiary/aromatic N) is 1. The molecule has 0 bridgehead atoms. The summed E-state index contributed by atoms with van der Waals surface area (Å²) in [6.45, 7) is 0.351. The molecule has 1 aliphatic carbocycles. The smallest absolute Gasteiger partial charge is 0.178 e. The molecule has 0 aromatic carbocycles. The van der Waals surface area contributed by atoms with Crippen molar-refractivity contribution in [3.05, 3.63) is 19.2 Å². The lowest BCUT2D eigenvalue weighted by molar-refractivity contribution is 0.0322. The molecule has 1 saturated carbocycles. The van der Waals surface area contributed by atoms with Gasteiger partial charge in [-0.05, 0) is 57.8 Å². The highest BCUT2D eigenvalue weighted by molar-refractivity contribution is 9.12. The number of hydrogen-bond donors (Lipinski definition) is 1. The maximum Gasteiger partial charge on any atom is 0.178 e. The number of rotatable bonds is 4. The fourth-order valence-electron chi connectivity index (χ4n) is 2.57. The van der Waals surface area contributed by atoms with E-state index in [2.05, 4.69) is 31.9 Å². The van der Waals surface area contributed by atoms with Gasteiger partial charge in [0, 0.05) is 11.6 Å². The fourth-order valence-corrected chi connectivity index (χ4v) is 5.42. The Bertz CT molecular complexity index is 463. The minimum Gasteiger partial charge on any atom is -0.391 e. The first-order valence-corrected chi connectivity index (χ1v) is 8.75. The zero-order valence-electron chi connectivity index (χ0n) is 10.7. The summed E-state index contributed by atoms with van der Waals surface area (Å²) in [5.74, 6) is 0.0918. The van der Waals surface area contributed by atoms with Crippen LogP contribution in [-0.4, -0.2) is 41.5 Å². The zero-order chi connectivity index (χ0) is 14.0. The van der Waals surface area contributed by atoms with Crippen LogP contribution in [-0.2, 0) is 0 Å². The maximum absolute atomic E-state index is 12.3. The van der Waals surface area contributed by atoms with Gasteiger partial charge in [-0.2, -0.15) is 0 Å². The van der Waals surface area contributed by atoms with Crippen molar-refractivity contribution in [2.45, 2.75) is 37.8 Å². The number of hydrogen-bond acceptors (Lipinski definition) is 4. The van der Waals surface area contributed by atoms with Crippen molar-refractivity contribution in [2.24, 2.45) is 0 Å². The molecule has 0 radical (unpaired) electrons. The van der Waals surface area contributed by atoms with Crippen LogP contribution >= 0.6 is 43.2 Å². The van der Waals surface area contributed by atoms with Gasteiger partial charge in [0.25, 0.3) is 0 Å². The van der Waals surface area contributed by atoms with E-state index in [1.807, 2.05) is 18.0 Å². The van der Waals surface area contributed by atoms with Crippen LogP contribution in [0, 0.1) is 0 Å². The molecule has 0 saturated heterocycles. The largest absolute Gasteiger partial charge is 0.391 e. The minimum atomic E-state index is -0.302. The number of halogens is 2. The Balaban J connectivity index is 2.00. The Morgan fingerprint density at radius 3 is 2.74 bits per heavy atom. The topological polar surface area (TPSA) is 40.5 Å². The van der Waals surface area contributed by atoms with E-state index < -0.39 is 0 Å². The Kier molecular flexibility index (Phi) is 5.60. The molecule has 1 aromatic rings. The average Bonchev–Trinajstić information content (AvgIpc) is 2.69. The molecule has 1 aliphatic rings. The molecule has 1 fully saturated rings. The van der Waals surface area contributed by atoms with Crippen molar-refractivity contribution in [3.8, 4) is 0 Å². The zero-order valence-corrected chi connectivity index (χ0v) is 14.7. The Morgan fingerprint density at radius 1 is 1.47 bits per heavy atom. The molecule has 19 heavy (non-hydrogen) atoms. The highest BCUT2D eigenvalue weighted by Crippen LogP contribution is 2.32. The number of aliphatic hydroxyl groups is 1. The predicted octanol–water partition coefficient (Wildman–Crippen LogP) is 3.69. The van der Waals surface area contributed by atoms with Gasteiger partial charge in [-0.1, -0.05) is 12.8 Å². The minimum absolute atomic E-state index is 0.0918. The molecule has 2 unspecified atom stereocenters. The van der Waals surface area contributed by atoms with E-state index >= 15 is 0 Å². The molecule has 1 N–H and O–H groups in total. The maximum atomic E-state index is 12.3. The van der Waals surface area contributed by atoms with Crippen molar-refractivity contribution in [1.29, 1.82) is 0 Å². The predicted molar refractivity (Wildman–Crippen MR) is 84.9 cm³/mol. The van der Waals surface area contributed by atoms with Gasteiger partial charge in [0.2, 0.25) is 0 Å². The second-order valence-electron chi connectivity index (χ2n) is 5.00. The average molecular weight is 411 g/mol. The summed E-state index contributed by atoms with van der Waals surface area (Å²) in [7, 11) is 1.92. The number of likely N-dealkylation sites (N-methyl/N-ethyl adjacent to an activating group) is 1. The summed E-state index contributed by atoms with van der Waals surface area (Å²) < 4.78 is 1.81. The highest BCUT2D eigenvalue weighted by Gasteiger charge is 2.28. The first-order chi connectivity index (χ1) is 8.99. The molecule has 2 rings (SSSR count). The van der Waals surface area contributed by atoms with Crippen LogP contribution in [0.1, 0.15) is 36.0 Å². The molecule has 106 valence electrons. The van der Waals surface area contributed by atoms with Crippen LogP contribution in [0.25, 0.3) is 0 Å². The third-order valence-corrected chi connectivity index (χ3v) is 5.95. The first kappa shape index (κ1) is 15.6. The van der Waals surface area contributed by atoms with Gasteiger partial charge in [0.05, 0.1) is 20.2 Å². The van der Waals surface area contributed by atoms with E-state index in [-0.39, 0.29) is 17.9 Å². The lowest BCUT2D eigenvalue weighted by atomic mass is 9.91. The number of Topliss-reactive ketones (excluding diaryl/α,β-unsaturated/α-hetero) is 1. The van der Waals surface area contributed by atoms with E-state index in [4.69, 9.17) is 0 Å². The third kappa shape index (κ3) is 3.88. The number of aliphatic hydroxyl groups excluding tert-OH is 1. The van der Waals surface area contributed by atoms with Gasteiger partial charge in [0.1, 0.15) is 0 Å². The van der Waals surface area contributed by atoms with Crippen LogP contribution in [0.2, 0.25) is 0 Å². The molecule has 1 heterocycles. The van der Waals surface area contributed by atoms with Gasteiger partial charge >= 0.3 is 0 Å². The van der Waals surface area contributed by atoms with Crippen LogP contribution in [0.15, 0.2) is 13.6 Å². The highest BCUT2D eigenvalue weighted by atomic mass is 79.9. The summed E-state index contributed by atoms with van der Waals surface area (Å²) in [5.41, 5.74) is 0.717. The van der Waals surface area contributed by atoms with Crippen LogP contribution < -0.4 is 0 Å². The van der Waals surface area contributed by atoms with Crippen LogP contribution in [0.5, 0.6) is 0 Å². The third-order valence-electron chi connectivity index (χ3n) is 3.61. The van der Waals surface area contributed by atoms with Crippen molar-refractivity contribution < 1.29 is 9.90 Å². The lowest BCUT2D eigenvalue weighted by Crippen LogP contribution is -2.45. The van der Waals surface area contributed by atoms with Gasteiger partial charge in [0.15, 0.2) is 5.78 Å². The first-order valence-electron chi connectivity index (χ1n) is 6.35. The fraction of sp³-hybridized carbons (Fsp3) is 0.615. The normalized spacial score (nSPS) is 23.8. The van der Waals surface area contributed by atoms with E-state index in [0.717, 1.165) is 33.3 Å². The van der Waals surface area contributed by atoms with Gasteiger partial charge < -0.3 is 5.11 Å². The van der Waals surface area contributed by atoms with E-state index in [0.29, 0.717) is 12.1 Å².